The topological polar surface area (TPSA) is 15.3 Å². The fourth-order valence-electron chi connectivity index (χ4n) is 3.53. The number of halogens is 3. The molecule has 0 amide bonds. The maximum absolute atomic E-state index is 12.9. The van der Waals surface area contributed by atoms with Gasteiger partial charge in [-0.2, -0.15) is 13.2 Å². The summed E-state index contributed by atoms with van der Waals surface area (Å²) in [4.78, 5) is 1.64. The van der Waals surface area contributed by atoms with Crippen LogP contribution in [0.15, 0.2) is 0 Å². The number of nitrogens with zero attached hydrogens (tertiary/aromatic N) is 1. The molecule has 0 aromatic carbocycles. The van der Waals surface area contributed by atoms with Crippen molar-refractivity contribution in [3.63, 3.8) is 0 Å². The minimum absolute atomic E-state index is 0.0467. The first-order valence-corrected chi connectivity index (χ1v) is 7.95. The van der Waals surface area contributed by atoms with E-state index < -0.39 is 12.7 Å². The Hall–Kier alpha value is -0.290. The van der Waals surface area contributed by atoms with Crippen LogP contribution in [-0.2, 0) is 0 Å². The molecule has 0 aromatic rings. The van der Waals surface area contributed by atoms with E-state index in [4.69, 9.17) is 0 Å². The highest BCUT2D eigenvalue weighted by Crippen LogP contribution is 2.40. The Kier molecular flexibility index (Phi) is 6.13. The van der Waals surface area contributed by atoms with Crippen LogP contribution < -0.4 is 5.32 Å². The van der Waals surface area contributed by atoms with E-state index in [-0.39, 0.29) is 23.5 Å². The van der Waals surface area contributed by atoms with Gasteiger partial charge >= 0.3 is 6.18 Å². The molecule has 0 saturated heterocycles. The molecule has 0 heterocycles. The minimum atomic E-state index is -4.14. The van der Waals surface area contributed by atoms with E-state index in [0.717, 1.165) is 19.3 Å². The largest absolute Gasteiger partial charge is 0.401 e. The Bertz CT molecular complexity index is 320. The molecule has 0 bridgehead atoms. The Morgan fingerprint density at radius 1 is 1.14 bits per heavy atom. The van der Waals surface area contributed by atoms with Crippen molar-refractivity contribution in [1.29, 1.82) is 0 Å². The lowest BCUT2D eigenvalue weighted by atomic mass is 9.69. The third-order valence-corrected chi connectivity index (χ3v) is 4.86. The maximum Gasteiger partial charge on any atom is 0.401 e. The molecule has 3 atom stereocenters. The highest BCUT2D eigenvalue weighted by Gasteiger charge is 2.42. The summed E-state index contributed by atoms with van der Waals surface area (Å²) >= 11 is 0. The predicted octanol–water partition coefficient (Wildman–Crippen LogP) is 4.06. The summed E-state index contributed by atoms with van der Waals surface area (Å²) in [6.07, 6.45) is -1.27. The highest BCUT2D eigenvalue weighted by atomic mass is 19.4. The van der Waals surface area contributed by atoms with E-state index in [9.17, 15) is 13.2 Å². The van der Waals surface area contributed by atoms with Crippen LogP contribution in [0.3, 0.4) is 0 Å². The summed E-state index contributed by atoms with van der Waals surface area (Å²) in [5.41, 5.74) is 0.151. The van der Waals surface area contributed by atoms with Crippen LogP contribution in [0.5, 0.6) is 0 Å². The van der Waals surface area contributed by atoms with Gasteiger partial charge in [0.1, 0.15) is 0 Å². The Morgan fingerprint density at radius 3 is 2.10 bits per heavy atom. The molecule has 21 heavy (non-hydrogen) atoms. The molecule has 126 valence electrons. The summed E-state index contributed by atoms with van der Waals surface area (Å²) in [7, 11) is 1.86. The second-order valence-electron chi connectivity index (χ2n) is 7.72. The molecule has 1 rings (SSSR count). The van der Waals surface area contributed by atoms with E-state index >= 15 is 0 Å². The first-order valence-electron chi connectivity index (χ1n) is 7.95. The number of hydrogen-bond acceptors (Lipinski definition) is 2. The van der Waals surface area contributed by atoms with Gasteiger partial charge in [-0.3, -0.25) is 4.90 Å². The standard InChI is InChI=1S/C16H31F3N2/c1-11(2)21(10-16(17,18)19)14-9-12(15(3,4)5)7-8-13(14)20-6/h11-14,20H,7-10H2,1-6H3. The lowest BCUT2D eigenvalue weighted by Gasteiger charge is -2.47. The molecular formula is C16H31F3N2. The van der Waals surface area contributed by atoms with E-state index in [1.807, 2.05) is 20.9 Å². The summed E-state index contributed by atoms with van der Waals surface area (Å²) in [6, 6.07) is -0.00542. The molecule has 0 radical (unpaired) electrons. The summed E-state index contributed by atoms with van der Waals surface area (Å²) in [6.45, 7) is 9.48. The van der Waals surface area contributed by atoms with Crippen LogP contribution in [0.2, 0.25) is 0 Å². The van der Waals surface area contributed by atoms with Gasteiger partial charge in [-0.05, 0) is 51.5 Å². The molecule has 3 unspecified atom stereocenters. The van der Waals surface area contributed by atoms with Crippen LogP contribution in [0.25, 0.3) is 0 Å². The Morgan fingerprint density at radius 2 is 1.71 bits per heavy atom. The van der Waals surface area contributed by atoms with Crippen LogP contribution in [0.1, 0.15) is 53.9 Å². The van der Waals surface area contributed by atoms with Gasteiger partial charge in [0.05, 0.1) is 6.54 Å². The Labute approximate surface area is 127 Å². The normalized spacial score (nSPS) is 28.4. The zero-order valence-corrected chi connectivity index (χ0v) is 14.2. The van der Waals surface area contributed by atoms with Gasteiger partial charge < -0.3 is 5.32 Å². The first-order chi connectivity index (χ1) is 9.45. The molecular weight excluding hydrogens is 277 g/mol. The smallest absolute Gasteiger partial charge is 0.315 e. The van der Waals surface area contributed by atoms with E-state index in [0.29, 0.717) is 5.92 Å². The number of alkyl halides is 3. The molecule has 0 aromatic heterocycles. The predicted molar refractivity (Wildman–Crippen MR) is 81.3 cm³/mol. The van der Waals surface area contributed by atoms with Crippen molar-refractivity contribution < 1.29 is 13.2 Å². The molecule has 0 spiro atoms. The van der Waals surface area contributed by atoms with Crippen LogP contribution in [0, 0.1) is 11.3 Å². The summed E-state index contributed by atoms with van der Waals surface area (Å²) in [5.74, 6) is 0.474. The monoisotopic (exact) mass is 308 g/mol. The number of hydrogen-bond donors (Lipinski definition) is 1. The van der Waals surface area contributed by atoms with Gasteiger partial charge in [-0.15, -0.1) is 0 Å². The van der Waals surface area contributed by atoms with E-state index in [1.54, 1.807) is 4.90 Å². The van der Waals surface area contributed by atoms with Crippen molar-refractivity contribution in [3.8, 4) is 0 Å². The first kappa shape index (κ1) is 18.8. The van der Waals surface area contributed by atoms with Gasteiger partial charge in [0.2, 0.25) is 0 Å². The molecule has 5 heteroatoms. The third kappa shape index (κ3) is 5.44. The van der Waals surface area contributed by atoms with Gasteiger partial charge in [0.25, 0.3) is 0 Å². The fourth-order valence-corrected chi connectivity index (χ4v) is 3.53. The zero-order chi connectivity index (χ0) is 16.4. The molecule has 0 aliphatic heterocycles. The summed E-state index contributed by atoms with van der Waals surface area (Å²) < 4.78 is 38.8. The van der Waals surface area contributed by atoms with Gasteiger partial charge in [0, 0.05) is 18.1 Å². The van der Waals surface area contributed by atoms with Crippen molar-refractivity contribution in [2.75, 3.05) is 13.6 Å². The average Bonchev–Trinajstić information content (AvgIpc) is 2.32. The van der Waals surface area contributed by atoms with Crippen LogP contribution in [-0.4, -0.2) is 42.8 Å². The van der Waals surface area contributed by atoms with Crippen molar-refractivity contribution in [2.45, 2.75) is 78.2 Å². The molecule has 1 aliphatic carbocycles. The maximum atomic E-state index is 12.9. The average molecular weight is 308 g/mol. The van der Waals surface area contributed by atoms with Crippen LogP contribution in [0.4, 0.5) is 13.2 Å². The minimum Gasteiger partial charge on any atom is -0.315 e. The Balaban J connectivity index is 2.94. The SMILES string of the molecule is CNC1CCC(C(C)(C)C)CC1N(CC(F)(F)F)C(C)C. The lowest BCUT2D eigenvalue weighted by molar-refractivity contribution is -0.159. The molecule has 1 fully saturated rings. The van der Waals surface area contributed by atoms with E-state index in [1.165, 1.54) is 0 Å². The lowest BCUT2D eigenvalue weighted by Crippen LogP contribution is -2.57. The quantitative estimate of drug-likeness (QED) is 0.842. The van der Waals surface area contributed by atoms with Crippen molar-refractivity contribution in [3.05, 3.63) is 0 Å². The van der Waals surface area contributed by atoms with Crippen LogP contribution >= 0.6 is 0 Å². The molecule has 1 aliphatic rings. The second kappa shape index (κ2) is 6.86. The van der Waals surface area contributed by atoms with Crippen molar-refractivity contribution in [1.82, 2.24) is 10.2 Å². The molecule has 1 saturated carbocycles. The number of nitrogens with one attached hydrogen (secondary N) is 1. The van der Waals surface area contributed by atoms with E-state index in [2.05, 4.69) is 26.1 Å². The molecule has 1 N–H and O–H groups in total. The van der Waals surface area contributed by atoms with Gasteiger partial charge in [-0.25, -0.2) is 0 Å². The van der Waals surface area contributed by atoms with Gasteiger partial charge in [0.15, 0.2) is 0 Å². The third-order valence-electron chi connectivity index (χ3n) is 4.86. The van der Waals surface area contributed by atoms with Gasteiger partial charge in [-0.1, -0.05) is 20.8 Å². The number of rotatable bonds is 4. The molecule has 2 nitrogen and oxygen atoms in total. The second-order valence-corrected chi connectivity index (χ2v) is 7.72. The zero-order valence-electron chi connectivity index (χ0n) is 14.2. The summed E-state index contributed by atoms with van der Waals surface area (Å²) in [5, 5.41) is 3.24. The van der Waals surface area contributed by atoms with Crippen molar-refractivity contribution in [2.24, 2.45) is 11.3 Å². The fraction of sp³-hybridized carbons (Fsp3) is 1.00. The number of likely N-dealkylation sites (N-methyl/N-ethyl adjacent to an activating group) is 1. The van der Waals surface area contributed by atoms with Crippen molar-refractivity contribution >= 4 is 0 Å². The highest BCUT2D eigenvalue weighted by molar-refractivity contribution is 4.95.